The van der Waals surface area contributed by atoms with E-state index in [9.17, 15) is 14.9 Å². The van der Waals surface area contributed by atoms with Crippen LogP contribution in [0.1, 0.15) is 17.3 Å². The minimum absolute atomic E-state index is 0.129. The molecule has 0 bridgehead atoms. The van der Waals surface area contributed by atoms with E-state index in [1.165, 1.54) is 18.2 Å². The van der Waals surface area contributed by atoms with Gasteiger partial charge in [0.25, 0.3) is 0 Å². The van der Waals surface area contributed by atoms with Crippen molar-refractivity contribution in [3.8, 4) is 5.75 Å². The first-order valence-corrected chi connectivity index (χ1v) is 5.04. The lowest BCUT2D eigenvalue weighted by atomic mass is 10.2. The fourth-order valence-corrected chi connectivity index (χ4v) is 1.33. The van der Waals surface area contributed by atoms with Gasteiger partial charge in [0.2, 0.25) is 5.75 Å². The van der Waals surface area contributed by atoms with E-state index in [-0.39, 0.29) is 11.4 Å². The van der Waals surface area contributed by atoms with Crippen LogP contribution in [0, 0.1) is 10.1 Å². The maximum absolute atomic E-state index is 10.7. The summed E-state index contributed by atoms with van der Waals surface area (Å²) in [7, 11) is 0. The van der Waals surface area contributed by atoms with Gasteiger partial charge in [0, 0.05) is 13.0 Å². The highest BCUT2D eigenvalue weighted by Gasteiger charge is 2.19. The van der Waals surface area contributed by atoms with Gasteiger partial charge in [-0.1, -0.05) is 6.07 Å². The van der Waals surface area contributed by atoms with E-state index in [0.29, 0.717) is 5.56 Å². The minimum atomic E-state index is -0.870. The average molecular weight is 264 g/mol. The molecular formula is C9H7Cl2NO4. The monoisotopic (exact) mass is 263 g/mol. The van der Waals surface area contributed by atoms with Crippen molar-refractivity contribution in [1.29, 1.82) is 0 Å². The van der Waals surface area contributed by atoms with Gasteiger partial charge in [0.05, 0.1) is 4.92 Å². The van der Waals surface area contributed by atoms with Crippen molar-refractivity contribution in [2.75, 3.05) is 0 Å². The number of rotatable bonds is 3. The van der Waals surface area contributed by atoms with E-state index in [2.05, 4.69) is 4.74 Å². The molecule has 5 nitrogen and oxygen atoms in total. The Labute approximate surface area is 101 Å². The van der Waals surface area contributed by atoms with Crippen LogP contribution in [0.4, 0.5) is 5.69 Å². The van der Waals surface area contributed by atoms with Gasteiger partial charge in [0.1, 0.15) is 4.84 Å². The molecule has 0 heterocycles. The lowest BCUT2D eigenvalue weighted by molar-refractivity contribution is -0.385. The smallest absolute Gasteiger partial charge is 0.312 e. The molecule has 0 unspecified atom stereocenters. The van der Waals surface area contributed by atoms with E-state index in [1.54, 1.807) is 0 Å². The normalized spacial score (nSPS) is 10.2. The number of hydrogen-bond donors (Lipinski definition) is 0. The maximum Gasteiger partial charge on any atom is 0.312 e. The fraction of sp³-hybridized carbons (Fsp3) is 0.222. The molecular weight excluding hydrogens is 257 g/mol. The number of benzene rings is 1. The molecule has 7 heteroatoms. The molecule has 86 valence electrons. The number of halogens is 2. The van der Waals surface area contributed by atoms with Gasteiger partial charge in [-0.25, -0.2) is 0 Å². The third-order valence-corrected chi connectivity index (χ3v) is 2.19. The zero-order valence-electron chi connectivity index (χ0n) is 8.15. The van der Waals surface area contributed by atoms with Gasteiger partial charge < -0.3 is 4.74 Å². The topological polar surface area (TPSA) is 69.4 Å². The number of nitrogens with zero attached hydrogens (tertiary/aromatic N) is 1. The van der Waals surface area contributed by atoms with Crippen LogP contribution >= 0.6 is 23.2 Å². The molecule has 1 aromatic carbocycles. The highest BCUT2D eigenvalue weighted by molar-refractivity contribution is 6.44. The first kappa shape index (κ1) is 12.7. The lowest BCUT2D eigenvalue weighted by Crippen LogP contribution is -2.04. The van der Waals surface area contributed by atoms with Crippen molar-refractivity contribution in [2.24, 2.45) is 0 Å². The van der Waals surface area contributed by atoms with Gasteiger partial charge in [-0.2, -0.15) is 0 Å². The number of carbonyl (C=O) groups is 1. The number of carbonyl (C=O) groups excluding carboxylic acids is 1. The maximum atomic E-state index is 10.7. The minimum Gasteiger partial charge on any atom is -0.419 e. The lowest BCUT2D eigenvalue weighted by Gasteiger charge is -2.05. The van der Waals surface area contributed by atoms with Crippen LogP contribution in [0.3, 0.4) is 0 Å². The summed E-state index contributed by atoms with van der Waals surface area (Å²) in [6, 6.07) is 3.91. The van der Waals surface area contributed by atoms with Gasteiger partial charge in [-0.05, 0) is 11.6 Å². The predicted octanol–water partition coefficient (Wildman–Crippen LogP) is 3.00. The molecule has 0 aliphatic rings. The zero-order chi connectivity index (χ0) is 12.3. The summed E-state index contributed by atoms with van der Waals surface area (Å²) in [6.45, 7) is 1.16. The molecule has 0 N–H and O–H groups in total. The highest BCUT2D eigenvalue weighted by Crippen LogP contribution is 2.33. The third-order valence-electron chi connectivity index (χ3n) is 1.69. The molecule has 0 saturated heterocycles. The van der Waals surface area contributed by atoms with E-state index < -0.39 is 15.7 Å². The van der Waals surface area contributed by atoms with E-state index in [4.69, 9.17) is 23.2 Å². The second kappa shape index (κ2) is 5.14. The number of nitro benzene ring substituents is 1. The summed E-state index contributed by atoms with van der Waals surface area (Å²) in [5, 5.41) is 10.7. The summed E-state index contributed by atoms with van der Waals surface area (Å²) in [5.74, 6) is -0.764. The number of hydrogen-bond acceptors (Lipinski definition) is 4. The third kappa shape index (κ3) is 3.08. The Balaban J connectivity index is 3.19. The van der Waals surface area contributed by atoms with Crippen molar-refractivity contribution in [2.45, 2.75) is 11.8 Å². The molecule has 0 aromatic heterocycles. The molecule has 1 aromatic rings. The van der Waals surface area contributed by atoms with Gasteiger partial charge in [0.15, 0.2) is 0 Å². The van der Waals surface area contributed by atoms with Gasteiger partial charge >= 0.3 is 11.7 Å². The standard InChI is InChI=1S/C9H7Cl2NO4/c1-5(13)16-8-3-2-6(9(10)11)4-7(8)12(14)15/h2-4,9H,1H3. The van der Waals surface area contributed by atoms with Crippen molar-refractivity contribution >= 4 is 34.9 Å². The SMILES string of the molecule is CC(=O)Oc1ccc(C(Cl)Cl)cc1[N+](=O)[O-]. The largest absolute Gasteiger partial charge is 0.419 e. The van der Waals surface area contributed by atoms with E-state index in [1.807, 2.05) is 0 Å². The molecule has 0 aliphatic carbocycles. The molecule has 0 saturated carbocycles. The Hall–Kier alpha value is -1.33. The Morgan fingerprint density at radius 3 is 2.56 bits per heavy atom. The fourth-order valence-electron chi connectivity index (χ4n) is 1.05. The van der Waals surface area contributed by atoms with Crippen LogP contribution < -0.4 is 4.74 Å². The van der Waals surface area contributed by atoms with Crippen LogP contribution in [0.2, 0.25) is 0 Å². The van der Waals surface area contributed by atoms with Gasteiger partial charge in [-0.15, -0.1) is 23.2 Å². The van der Waals surface area contributed by atoms with Crippen LogP contribution in [0.5, 0.6) is 5.75 Å². The van der Waals surface area contributed by atoms with Crippen LogP contribution in [-0.2, 0) is 4.79 Å². The number of esters is 1. The van der Waals surface area contributed by atoms with Crippen molar-refractivity contribution in [3.63, 3.8) is 0 Å². The summed E-state index contributed by atoms with van der Waals surface area (Å²) in [5.41, 5.74) is 0.0185. The molecule has 1 rings (SSSR count). The van der Waals surface area contributed by atoms with Gasteiger partial charge in [-0.3, -0.25) is 14.9 Å². The summed E-state index contributed by atoms with van der Waals surface area (Å²) >= 11 is 11.1. The number of ether oxygens (including phenoxy) is 1. The highest BCUT2D eigenvalue weighted by atomic mass is 35.5. The van der Waals surface area contributed by atoms with E-state index in [0.717, 1.165) is 6.92 Å². The summed E-state index contributed by atoms with van der Waals surface area (Å²) < 4.78 is 4.67. The number of nitro groups is 1. The Morgan fingerprint density at radius 2 is 2.12 bits per heavy atom. The zero-order valence-corrected chi connectivity index (χ0v) is 9.66. The average Bonchev–Trinajstić information content (AvgIpc) is 2.16. The van der Waals surface area contributed by atoms with Crippen molar-refractivity contribution in [1.82, 2.24) is 0 Å². The first-order valence-electron chi connectivity index (χ1n) is 4.16. The van der Waals surface area contributed by atoms with Crippen LogP contribution in [0.15, 0.2) is 18.2 Å². The molecule has 0 fully saturated rings. The molecule has 0 spiro atoms. The molecule has 0 radical (unpaired) electrons. The first-order chi connectivity index (χ1) is 7.41. The second-order valence-electron chi connectivity index (χ2n) is 2.88. The Bertz CT molecular complexity index is 434. The molecule has 16 heavy (non-hydrogen) atoms. The molecule has 0 atom stereocenters. The summed E-state index contributed by atoms with van der Waals surface area (Å²) in [4.78, 5) is 19.9. The second-order valence-corrected chi connectivity index (χ2v) is 3.97. The number of alkyl halides is 2. The quantitative estimate of drug-likeness (QED) is 0.276. The predicted molar refractivity (Wildman–Crippen MR) is 58.9 cm³/mol. The Kier molecular flexibility index (Phi) is 4.09. The van der Waals surface area contributed by atoms with Crippen LogP contribution in [-0.4, -0.2) is 10.9 Å². The van der Waals surface area contributed by atoms with Crippen molar-refractivity contribution < 1.29 is 14.5 Å². The van der Waals surface area contributed by atoms with Crippen molar-refractivity contribution in [3.05, 3.63) is 33.9 Å². The molecule has 0 amide bonds. The van der Waals surface area contributed by atoms with Crippen LogP contribution in [0.25, 0.3) is 0 Å². The molecule has 0 aliphatic heterocycles. The Morgan fingerprint density at radius 1 is 1.50 bits per heavy atom. The summed E-state index contributed by atoms with van der Waals surface area (Å²) in [6.07, 6.45) is 0. The van der Waals surface area contributed by atoms with E-state index >= 15 is 0 Å².